The number of ether oxygens (including phenoxy) is 1. The Balaban J connectivity index is 2.25. The lowest BCUT2D eigenvalue weighted by Gasteiger charge is -2.28. The molecule has 0 aliphatic carbocycles. The van der Waals surface area contributed by atoms with Gasteiger partial charge in [0.25, 0.3) is 0 Å². The van der Waals surface area contributed by atoms with E-state index in [-0.39, 0.29) is 0 Å². The van der Waals surface area contributed by atoms with E-state index >= 15 is 0 Å². The van der Waals surface area contributed by atoms with Gasteiger partial charge in [-0.15, -0.1) is 0 Å². The Hall–Kier alpha value is -1.13. The molecule has 1 unspecified atom stereocenters. The van der Waals surface area contributed by atoms with Crippen molar-refractivity contribution in [3.8, 4) is 0 Å². The third-order valence-electron chi connectivity index (χ3n) is 3.59. The molecular weight excluding hydrogens is 256 g/mol. The monoisotopic (exact) mass is 278 g/mol. The SMILES string of the molecule is CCN(CC1CCCO1)c1cc(C)ccc1C(N)=S. The fourth-order valence-electron chi connectivity index (χ4n) is 2.54. The fourth-order valence-corrected chi connectivity index (χ4v) is 2.72. The van der Waals surface area contributed by atoms with Crippen molar-refractivity contribution in [2.75, 3.05) is 24.6 Å². The molecule has 1 fully saturated rings. The van der Waals surface area contributed by atoms with Crippen LogP contribution in [0.1, 0.15) is 30.9 Å². The standard InChI is InChI=1S/C15H22N2OS/c1-3-17(10-12-5-4-8-18-12)14-9-11(2)6-7-13(14)15(16)19/h6-7,9,12H,3-5,8,10H2,1-2H3,(H2,16,19). The van der Waals surface area contributed by atoms with Crippen LogP contribution in [0.4, 0.5) is 5.69 Å². The molecule has 0 saturated carbocycles. The number of benzene rings is 1. The number of aryl methyl sites for hydroxylation is 1. The van der Waals surface area contributed by atoms with Gasteiger partial charge in [0.1, 0.15) is 4.99 Å². The van der Waals surface area contributed by atoms with Crippen molar-refractivity contribution in [3.05, 3.63) is 29.3 Å². The Morgan fingerprint density at radius 1 is 1.53 bits per heavy atom. The Labute approximate surface area is 120 Å². The lowest BCUT2D eigenvalue weighted by Crippen LogP contribution is -2.33. The predicted molar refractivity (Wildman–Crippen MR) is 83.9 cm³/mol. The summed E-state index contributed by atoms with van der Waals surface area (Å²) in [6.45, 7) is 6.97. The lowest BCUT2D eigenvalue weighted by atomic mass is 10.1. The van der Waals surface area contributed by atoms with E-state index in [0.29, 0.717) is 11.1 Å². The van der Waals surface area contributed by atoms with Crippen LogP contribution in [-0.2, 0) is 4.74 Å². The van der Waals surface area contributed by atoms with Crippen LogP contribution < -0.4 is 10.6 Å². The van der Waals surface area contributed by atoms with Crippen molar-refractivity contribution in [1.29, 1.82) is 0 Å². The summed E-state index contributed by atoms with van der Waals surface area (Å²) in [6, 6.07) is 6.23. The van der Waals surface area contributed by atoms with Gasteiger partial charge < -0.3 is 15.4 Å². The summed E-state index contributed by atoms with van der Waals surface area (Å²) in [6.07, 6.45) is 2.64. The van der Waals surface area contributed by atoms with Crippen LogP contribution in [0.5, 0.6) is 0 Å². The largest absolute Gasteiger partial charge is 0.389 e. The van der Waals surface area contributed by atoms with Gasteiger partial charge in [0, 0.05) is 30.9 Å². The molecule has 0 aromatic heterocycles. The predicted octanol–water partition coefficient (Wildman–Crippen LogP) is 2.63. The van der Waals surface area contributed by atoms with Crippen LogP contribution in [0.2, 0.25) is 0 Å². The van der Waals surface area contributed by atoms with E-state index in [9.17, 15) is 0 Å². The van der Waals surface area contributed by atoms with Crippen LogP contribution in [0.15, 0.2) is 18.2 Å². The minimum atomic E-state index is 0.333. The first-order chi connectivity index (χ1) is 9.11. The summed E-state index contributed by atoms with van der Waals surface area (Å²) in [5.41, 5.74) is 9.15. The van der Waals surface area contributed by atoms with Crippen LogP contribution in [0, 0.1) is 6.92 Å². The second-order valence-electron chi connectivity index (χ2n) is 5.06. The molecule has 1 aromatic rings. The van der Waals surface area contributed by atoms with E-state index in [4.69, 9.17) is 22.7 Å². The molecule has 3 nitrogen and oxygen atoms in total. The minimum Gasteiger partial charge on any atom is -0.389 e. The first-order valence-electron chi connectivity index (χ1n) is 6.88. The number of likely N-dealkylation sites (N-methyl/N-ethyl adjacent to an activating group) is 1. The van der Waals surface area contributed by atoms with Gasteiger partial charge in [-0.25, -0.2) is 0 Å². The molecule has 1 saturated heterocycles. The van der Waals surface area contributed by atoms with Gasteiger partial charge in [-0.3, -0.25) is 0 Å². The highest BCUT2D eigenvalue weighted by molar-refractivity contribution is 7.80. The molecule has 1 heterocycles. The molecule has 0 amide bonds. The van der Waals surface area contributed by atoms with Gasteiger partial charge in [0.2, 0.25) is 0 Å². The topological polar surface area (TPSA) is 38.5 Å². The van der Waals surface area contributed by atoms with Crippen LogP contribution in [0.25, 0.3) is 0 Å². The first-order valence-corrected chi connectivity index (χ1v) is 7.29. The minimum absolute atomic E-state index is 0.333. The van der Waals surface area contributed by atoms with Crippen molar-refractivity contribution in [3.63, 3.8) is 0 Å². The number of nitrogens with two attached hydrogens (primary N) is 1. The smallest absolute Gasteiger partial charge is 0.106 e. The Morgan fingerprint density at radius 2 is 2.32 bits per heavy atom. The molecule has 0 spiro atoms. The van der Waals surface area contributed by atoms with Crippen molar-refractivity contribution >= 4 is 22.9 Å². The highest BCUT2D eigenvalue weighted by atomic mass is 32.1. The molecule has 1 aromatic carbocycles. The first kappa shape index (κ1) is 14.3. The summed E-state index contributed by atoms with van der Waals surface area (Å²) < 4.78 is 5.73. The number of nitrogens with zero attached hydrogens (tertiary/aromatic N) is 1. The second kappa shape index (κ2) is 6.35. The zero-order valence-corrected chi connectivity index (χ0v) is 12.5. The van der Waals surface area contributed by atoms with Crippen molar-refractivity contribution in [2.45, 2.75) is 32.8 Å². The molecule has 0 radical (unpaired) electrons. The van der Waals surface area contributed by atoms with Gasteiger partial charge >= 0.3 is 0 Å². The lowest BCUT2D eigenvalue weighted by molar-refractivity contribution is 0.115. The molecule has 1 aliphatic rings. The third kappa shape index (κ3) is 3.45. The van der Waals surface area contributed by atoms with Crippen LogP contribution >= 0.6 is 12.2 Å². The fraction of sp³-hybridized carbons (Fsp3) is 0.533. The highest BCUT2D eigenvalue weighted by Crippen LogP contribution is 2.24. The average Bonchev–Trinajstić information content (AvgIpc) is 2.88. The Kier molecular flexibility index (Phi) is 4.77. The maximum Gasteiger partial charge on any atom is 0.106 e. The quantitative estimate of drug-likeness (QED) is 0.840. The van der Waals surface area contributed by atoms with Gasteiger partial charge in [0.15, 0.2) is 0 Å². The zero-order valence-electron chi connectivity index (χ0n) is 11.7. The van der Waals surface area contributed by atoms with Gasteiger partial charge in [-0.1, -0.05) is 18.3 Å². The van der Waals surface area contributed by atoms with Gasteiger partial charge in [-0.2, -0.15) is 0 Å². The summed E-state index contributed by atoms with van der Waals surface area (Å²) in [4.78, 5) is 2.78. The number of hydrogen-bond donors (Lipinski definition) is 1. The third-order valence-corrected chi connectivity index (χ3v) is 3.81. The molecule has 4 heteroatoms. The molecule has 1 aliphatic heterocycles. The molecule has 2 rings (SSSR count). The van der Waals surface area contributed by atoms with Crippen molar-refractivity contribution in [2.24, 2.45) is 5.73 Å². The van der Waals surface area contributed by atoms with E-state index in [1.165, 1.54) is 5.56 Å². The molecule has 19 heavy (non-hydrogen) atoms. The maximum atomic E-state index is 5.84. The number of hydrogen-bond acceptors (Lipinski definition) is 3. The highest BCUT2D eigenvalue weighted by Gasteiger charge is 2.20. The maximum absolute atomic E-state index is 5.84. The van der Waals surface area contributed by atoms with E-state index in [1.54, 1.807) is 0 Å². The Bertz CT molecular complexity index is 455. The van der Waals surface area contributed by atoms with E-state index in [1.807, 2.05) is 6.07 Å². The van der Waals surface area contributed by atoms with E-state index in [2.05, 4.69) is 30.9 Å². The summed E-state index contributed by atoms with van der Waals surface area (Å²) in [7, 11) is 0. The number of rotatable bonds is 5. The van der Waals surface area contributed by atoms with Crippen molar-refractivity contribution < 1.29 is 4.74 Å². The molecule has 2 N–H and O–H groups in total. The summed E-state index contributed by atoms with van der Waals surface area (Å²) >= 11 is 5.16. The van der Waals surface area contributed by atoms with Crippen molar-refractivity contribution in [1.82, 2.24) is 0 Å². The summed E-state index contributed by atoms with van der Waals surface area (Å²) in [5.74, 6) is 0. The number of thiocarbonyl (C=S) groups is 1. The number of anilines is 1. The molecule has 104 valence electrons. The molecule has 0 bridgehead atoms. The van der Waals surface area contributed by atoms with E-state index in [0.717, 1.165) is 43.8 Å². The van der Waals surface area contributed by atoms with E-state index < -0.39 is 0 Å². The second-order valence-corrected chi connectivity index (χ2v) is 5.50. The average molecular weight is 278 g/mol. The normalized spacial score (nSPS) is 18.5. The van der Waals surface area contributed by atoms with Gasteiger partial charge in [0.05, 0.1) is 6.10 Å². The zero-order chi connectivity index (χ0) is 13.8. The molecule has 1 atom stereocenters. The van der Waals surface area contributed by atoms with Crippen LogP contribution in [0.3, 0.4) is 0 Å². The summed E-state index contributed by atoms with van der Waals surface area (Å²) in [5, 5.41) is 0. The Morgan fingerprint density at radius 3 is 2.89 bits per heavy atom. The van der Waals surface area contributed by atoms with Crippen LogP contribution in [-0.4, -0.2) is 30.8 Å². The van der Waals surface area contributed by atoms with Gasteiger partial charge in [-0.05, 0) is 44.4 Å². The molecular formula is C15H22N2OS.